The lowest BCUT2D eigenvalue weighted by atomic mass is 10.1. The first-order chi connectivity index (χ1) is 14.8. The zero-order valence-corrected chi connectivity index (χ0v) is 16.5. The zero-order chi connectivity index (χ0) is 20.6. The molecule has 0 saturated carbocycles. The molecule has 2 heterocycles. The molecule has 150 valence electrons. The Labute approximate surface area is 175 Å². The molecule has 2 aromatic heterocycles. The van der Waals surface area contributed by atoms with E-state index in [9.17, 15) is 0 Å². The quantitative estimate of drug-likeness (QED) is 0.458. The molecule has 0 radical (unpaired) electrons. The number of aliphatic hydroxyl groups excluding tert-OH is 1. The molecule has 6 heteroatoms. The van der Waals surface area contributed by atoms with Gasteiger partial charge in [-0.3, -0.25) is 4.98 Å². The van der Waals surface area contributed by atoms with Crippen molar-refractivity contribution in [2.45, 2.75) is 12.8 Å². The number of rotatable bonds is 8. The maximum atomic E-state index is 8.96. The van der Waals surface area contributed by atoms with Crippen LogP contribution in [0.5, 0.6) is 0 Å². The van der Waals surface area contributed by atoms with Crippen LogP contribution in [0.4, 0.5) is 11.4 Å². The van der Waals surface area contributed by atoms with Crippen LogP contribution in [0.1, 0.15) is 23.4 Å². The molecule has 2 N–H and O–H groups in total. The minimum atomic E-state index is 0.157. The average molecular weight is 397 g/mol. The van der Waals surface area contributed by atoms with Gasteiger partial charge in [-0.2, -0.15) is 0 Å². The highest BCUT2D eigenvalue weighted by Gasteiger charge is 2.04. The van der Waals surface area contributed by atoms with Crippen molar-refractivity contribution in [3.05, 3.63) is 96.1 Å². The first kappa shape index (κ1) is 19.5. The third kappa shape index (κ3) is 5.18. The summed E-state index contributed by atoms with van der Waals surface area (Å²) in [5, 5.41) is 20.7. The van der Waals surface area contributed by atoms with E-state index in [1.807, 2.05) is 72.9 Å². The van der Waals surface area contributed by atoms with Gasteiger partial charge in [-0.1, -0.05) is 35.6 Å². The zero-order valence-electron chi connectivity index (χ0n) is 16.5. The fourth-order valence-corrected chi connectivity index (χ4v) is 3.03. The van der Waals surface area contributed by atoms with Crippen molar-refractivity contribution in [1.82, 2.24) is 20.0 Å². The van der Waals surface area contributed by atoms with Crippen LogP contribution in [0.25, 0.3) is 17.8 Å². The largest absolute Gasteiger partial charge is 0.396 e. The molecule has 0 amide bonds. The van der Waals surface area contributed by atoms with E-state index < -0.39 is 0 Å². The van der Waals surface area contributed by atoms with Gasteiger partial charge < -0.3 is 10.4 Å². The van der Waals surface area contributed by atoms with Gasteiger partial charge in [0.25, 0.3) is 0 Å². The lowest BCUT2D eigenvalue weighted by molar-refractivity contribution is 0.288. The van der Waals surface area contributed by atoms with Crippen molar-refractivity contribution in [1.29, 1.82) is 0 Å². The maximum Gasteiger partial charge on any atom is 0.0832 e. The Morgan fingerprint density at radius 1 is 0.933 bits per heavy atom. The van der Waals surface area contributed by atoms with Gasteiger partial charge in [0, 0.05) is 24.2 Å². The van der Waals surface area contributed by atoms with Crippen LogP contribution in [0.3, 0.4) is 0 Å². The minimum Gasteiger partial charge on any atom is -0.396 e. The van der Waals surface area contributed by atoms with Gasteiger partial charge in [0.15, 0.2) is 0 Å². The molecule has 0 unspecified atom stereocenters. The van der Waals surface area contributed by atoms with Crippen LogP contribution in [-0.2, 0) is 6.42 Å². The molecule has 4 rings (SSSR count). The third-order valence-electron chi connectivity index (χ3n) is 4.58. The summed E-state index contributed by atoms with van der Waals surface area (Å²) in [6.07, 6.45) is 9.14. The fraction of sp³-hybridized carbons (Fsp3) is 0.125. The van der Waals surface area contributed by atoms with Gasteiger partial charge in [0.05, 0.1) is 23.3 Å². The summed E-state index contributed by atoms with van der Waals surface area (Å²) in [5.74, 6) is 0. The molecule has 2 aromatic carbocycles. The Morgan fingerprint density at radius 2 is 1.83 bits per heavy atom. The van der Waals surface area contributed by atoms with Crippen LogP contribution in [0.2, 0.25) is 0 Å². The molecule has 0 atom stereocenters. The molecular weight excluding hydrogens is 374 g/mol. The second-order valence-electron chi connectivity index (χ2n) is 6.87. The number of nitrogens with one attached hydrogen (secondary N) is 1. The third-order valence-corrected chi connectivity index (χ3v) is 4.58. The van der Waals surface area contributed by atoms with Gasteiger partial charge in [-0.15, -0.1) is 5.10 Å². The van der Waals surface area contributed by atoms with Crippen molar-refractivity contribution < 1.29 is 5.11 Å². The fourth-order valence-electron chi connectivity index (χ4n) is 3.03. The Hall–Kier alpha value is -3.77. The second kappa shape index (κ2) is 9.62. The number of anilines is 2. The standard InChI is InChI=1S/C24H23N5O/c30-16-4-7-23-18-29(28-27-23)24-8-3-6-22(17-24)26-21-13-10-19(11-14-21)9-12-20-5-1-2-15-25-20/h1-3,5-6,8-15,17-18,26,30H,4,7,16H2. The summed E-state index contributed by atoms with van der Waals surface area (Å²) in [6.45, 7) is 0.157. The smallest absolute Gasteiger partial charge is 0.0832 e. The number of pyridine rings is 1. The van der Waals surface area contributed by atoms with Gasteiger partial charge in [0.1, 0.15) is 0 Å². The van der Waals surface area contributed by atoms with E-state index in [-0.39, 0.29) is 6.61 Å². The summed E-state index contributed by atoms with van der Waals surface area (Å²) >= 11 is 0. The summed E-state index contributed by atoms with van der Waals surface area (Å²) < 4.78 is 1.75. The molecule has 0 aliphatic rings. The van der Waals surface area contributed by atoms with Crippen LogP contribution < -0.4 is 5.32 Å². The molecular formula is C24H23N5O. The number of aryl methyl sites for hydroxylation is 1. The predicted molar refractivity (Wildman–Crippen MR) is 120 cm³/mol. The highest BCUT2D eigenvalue weighted by molar-refractivity contribution is 5.70. The van der Waals surface area contributed by atoms with E-state index in [1.165, 1.54) is 0 Å². The Kier molecular flexibility index (Phi) is 6.27. The Morgan fingerprint density at radius 3 is 2.63 bits per heavy atom. The van der Waals surface area contributed by atoms with E-state index in [1.54, 1.807) is 10.9 Å². The van der Waals surface area contributed by atoms with Crippen molar-refractivity contribution in [2.24, 2.45) is 0 Å². The van der Waals surface area contributed by atoms with Crippen molar-refractivity contribution >= 4 is 23.5 Å². The number of aliphatic hydroxyl groups is 1. The van der Waals surface area contributed by atoms with Crippen molar-refractivity contribution in [3.8, 4) is 5.69 Å². The molecule has 0 aliphatic heterocycles. The van der Waals surface area contributed by atoms with E-state index in [0.29, 0.717) is 6.42 Å². The maximum absolute atomic E-state index is 8.96. The Balaban J connectivity index is 1.42. The topological polar surface area (TPSA) is 75.9 Å². The lowest BCUT2D eigenvalue weighted by Crippen LogP contribution is -1.97. The second-order valence-corrected chi connectivity index (χ2v) is 6.87. The first-order valence-corrected chi connectivity index (χ1v) is 9.89. The molecule has 0 fully saturated rings. The monoisotopic (exact) mass is 397 g/mol. The van der Waals surface area contributed by atoms with E-state index >= 15 is 0 Å². The normalized spacial score (nSPS) is 11.1. The van der Waals surface area contributed by atoms with Gasteiger partial charge in [-0.05, 0) is 66.9 Å². The summed E-state index contributed by atoms with van der Waals surface area (Å²) in [7, 11) is 0. The van der Waals surface area contributed by atoms with Gasteiger partial charge in [0.2, 0.25) is 0 Å². The molecule has 0 saturated heterocycles. The van der Waals surface area contributed by atoms with E-state index in [2.05, 4.69) is 32.7 Å². The molecule has 6 nitrogen and oxygen atoms in total. The molecule has 30 heavy (non-hydrogen) atoms. The summed E-state index contributed by atoms with van der Waals surface area (Å²) in [6, 6.07) is 22.1. The SMILES string of the molecule is OCCCc1cn(-c2cccc(Nc3ccc(C=Cc4ccccn4)cc3)c2)nn1. The van der Waals surface area contributed by atoms with Crippen LogP contribution in [0.15, 0.2) is 79.1 Å². The average Bonchev–Trinajstić information content (AvgIpc) is 3.27. The summed E-state index contributed by atoms with van der Waals surface area (Å²) in [4.78, 5) is 4.29. The Bertz CT molecular complexity index is 1100. The van der Waals surface area contributed by atoms with Crippen molar-refractivity contribution in [3.63, 3.8) is 0 Å². The molecule has 0 bridgehead atoms. The van der Waals surface area contributed by atoms with E-state index in [0.717, 1.165) is 40.4 Å². The van der Waals surface area contributed by atoms with Gasteiger partial charge >= 0.3 is 0 Å². The minimum absolute atomic E-state index is 0.157. The molecule has 4 aromatic rings. The van der Waals surface area contributed by atoms with Gasteiger partial charge in [-0.25, -0.2) is 4.68 Å². The van der Waals surface area contributed by atoms with Crippen LogP contribution >= 0.6 is 0 Å². The van der Waals surface area contributed by atoms with Crippen LogP contribution in [-0.4, -0.2) is 31.7 Å². The summed E-state index contributed by atoms with van der Waals surface area (Å²) in [5.41, 5.74) is 5.82. The molecule has 0 spiro atoms. The number of benzene rings is 2. The highest BCUT2D eigenvalue weighted by Crippen LogP contribution is 2.20. The number of nitrogens with zero attached hydrogens (tertiary/aromatic N) is 4. The predicted octanol–water partition coefficient (Wildman–Crippen LogP) is 4.50. The number of hydrogen-bond acceptors (Lipinski definition) is 5. The molecule has 0 aliphatic carbocycles. The lowest BCUT2D eigenvalue weighted by Gasteiger charge is -2.08. The van der Waals surface area contributed by atoms with E-state index in [4.69, 9.17) is 5.11 Å². The number of hydrogen-bond donors (Lipinski definition) is 2. The van der Waals surface area contributed by atoms with Crippen molar-refractivity contribution in [2.75, 3.05) is 11.9 Å². The first-order valence-electron chi connectivity index (χ1n) is 9.89. The highest BCUT2D eigenvalue weighted by atomic mass is 16.2. The van der Waals surface area contributed by atoms with Crippen LogP contribution in [0, 0.1) is 0 Å². The number of aromatic nitrogens is 4.